The Morgan fingerprint density at radius 3 is 2.00 bits per heavy atom. The highest BCUT2D eigenvalue weighted by molar-refractivity contribution is 4.78. The molecule has 18 heavy (non-hydrogen) atoms. The molecule has 0 aliphatic heterocycles. The van der Waals surface area contributed by atoms with Crippen molar-refractivity contribution >= 4 is 0 Å². The summed E-state index contributed by atoms with van der Waals surface area (Å²) in [6.07, 6.45) is 14.6. The van der Waals surface area contributed by atoms with Gasteiger partial charge in [-0.1, -0.05) is 78.6 Å². The SMILES string of the molecule is CCCCCCC(C)CCCC(C)(N)CCCC. The Balaban J connectivity index is 3.51. The van der Waals surface area contributed by atoms with Crippen molar-refractivity contribution in [1.82, 2.24) is 0 Å². The summed E-state index contributed by atoms with van der Waals surface area (Å²) in [4.78, 5) is 0. The monoisotopic (exact) mass is 255 g/mol. The van der Waals surface area contributed by atoms with Gasteiger partial charge in [0, 0.05) is 5.54 Å². The van der Waals surface area contributed by atoms with Gasteiger partial charge >= 0.3 is 0 Å². The van der Waals surface area contributed by atoms with Crippen molar-refractivity contribution < 1.29 is 0 Å². The van der Waals surface area contributed by atoms with Gasteiger partial charge in [-0.05, 0) is 25.7 Å². The second-order valence-electron chi connectivity index (χ2n) is 6.60. The topological polar surface area (TPSA) is 26.0 Å². The summed E-state index contributed by atoms with van der Waals surface area (Å²) < 4.78 is 0. The second-order valence-corrected chi connectivity index (χ2v) is 6.60. The zero-order valence-corrected chi connectivity index (χ0v) is 13.4. The third kappa shape index (κ3) is 11.1. The van der Waals surface area contributed by atoms with Gasteiger partial charge in [0.15, 0.2) is 0 Å². The van der Waals surface area contributed by atoms with Crippen LogP contribution in [0.3, 0.4) is 0 Å². The first-order valence-electron chi connectivity index (χ1n) is 8.30. The Morgan fingerprint density at radius 2 is 1.39 bits per heavy atom. The Bertz CT molecular complexity index is 174. The lowest BCUT2D eigenvalue weighted by Gasteiger charge is -2.25. The van der Waals surface area contributed by atoms with Crippen LogP contribution in [0.5, 0.6) is 0 Å². The molecule has 1 nitrogen and oxygen atoms in total. The van der Waals surface area contributed by atoms with Gasteiger partial charge in [-0.2, -0.15) is 0 Å². The molecule has 0 spiro atoms. The van der Waals surface area contributed by atoms with Gasteiger partial charge in [0.2, 0.25) is 0 Å². The highest BCUT2D eigenvalue weighted by Crippen LogP contribution is 2.22. The van der Waals surface area contributed by atoms with Crippen molar-refractivity contribution in [2.75, 3.05) is 0 Å². The first-order valence-corrected chi connectivity index (χ1v) is 8.30. The summed E-state index contributed by atoms with van der Waals surface area (Å²) in [7, 11) is 0. The molecule has 0 fully saturated rings. The molecule has 0 aromatic heterocycles. The average Bonchev–Trinajstić information content (AvgIpc) is 2.32. The van der Waals surface area contributed by atoms with E-state index >= 15 is 0 Å². The molecule has 0 amide bonds. The van der Waals surface area contributed by atoms with Crippen molar-refractivity contribution in [2.45, 2.75) is 104 Å². The van der Waals surface area contributed by atoms with Crippen LogP contribution >= 0.6 is 0 Å². The first kappa shape index (κ1) is 18.0. The predicted octanol–water partition coefficient (Wildman–Crippen LogP) is 5.67. The third-order valence-electron chi connectivity index (χ3n) is 4.10. The van der Waals surface area contributed by atoms with E-state index in [-0.39, 0.29) is 5.54 Å². The fourth-order valence-corrected chi connectivity index (χ4v) is 2.62. The van der Waals surface area contributed by atoms with Gasteiger partial charge in [-0.3, -0.25) is 0 Å². The summed E-state index contributed by atoms with van der Waals surface area (Å²) in [6.45, 7) is 9.16. The summed E-state index contributed by atoms with van der Waals surface area (Å²) in [5.74, 6) is 0.892. The molecular weight excluding hydrogens is 218 g/mol. The predicted molar refractivity (Wildman–Crippen MR) is 83.9 cm³/mol. The van der Waals surface area contributed by atoms with Gasteiger partial charge in [0.1, 0.15) is 0 Å². The van der Waals surface area contributed by atoms with E-state index in [4.69, 9.17) is 5.73 Å². The Morgan fingerprint density at radius 1 is 0.833 bits per heavy atom. The van der Waals surface area contributed by atoms with Crippen LogP contribution in [0.1, 0.15) is 98.3 Å². The van der Waals surface area contributed by atoms with Crippen LogP contribution in [-0.4, -0.2) is 5.54 Å². The Hall–Kier alpha value is -0.0400. The molecule has 110 valence electrons. The number of nitrogens with two attached hydrogens (primary N) is 1. The van der Waals surface area contributed by atoms with Crippen molar-refractivity contribution in [2.24, 2.45) is 11.7 Å². The molecule has 0 saturated heterocycles. The normalized spacial score (nSPS) is 16.5. The van der Waals surface area contributed by atoms with Crippen LogP contribution < -0.4 is 5.73 Å². The van der Waals surface area contributed by atoms with Gasteiger partial charge in [0.25, 0.3) is 0 Å². The molecule has 0 heterocycles. The molecule has 0 rings (SSSR count). The second kappa shape index (κ2) is 10.8. The van der Waals surface area contributed by atoms with Crippen molar-refractivity contribution in [3.05, 3.63) is 0 Å². The minimum Gasteiger partial charge on any atom is -0.325 e. The molecule has 1 heteroatoms. The lowest BCUT2D eigenvalue weighted by Crippen LogP contribution is -2.35. The molecule has 0 radical (unpaired) electrons. The van der Waals surface area contributed by atoms with Crippen molar-refractivity contribution in [1.29, 1.82) is 0 Å². The summed E-state index contributed by atoms with van der Waals surface area (Å²) in [5.41, 5.74) is 6.41. The van der Waals surface area contributed by atoms with E-state index < -0.39 is 0 Å². The lowest BCUT2D eigenvalue weighted by molar-refractivity contribution is 0.349. The van der Waals surface area contributed by atoms with Gasteiger partial charge in [-0.25, -0.2) is 0 Å². The third-order valence-corrected chi connectivity index (χ3v) is 4.10. The Kier molecular flexibility index (Phi) is 10.8. The zero-order chi connectivity index (χ0) is 13.9. The fraction of sp³-hybridized carbons (Fsp3) is 1.00. The largest absolute Gasteiger partial charge is 0.325 e. The molecule has 0 aliphatic carbocycles. The molecule has 0 aromatic rings. The lowest BCUT2D eigenvalue weighted by atomic mass is 9.88. The maximum atomic E-state index is 6.33. The number of rotatable bonds is 12. The molecule has 0 aliphatic rings. The van der Waals surface area contributed by atoms with Crippen LogP contribution in [0.25, 0.3) is 0 Å². The average molecular weight is 255 g/mol. The number of unbranched alkanes of at least 4 members (excludes halogenated alkanes) is 4. The van der Waals surface area contributed by atoms with E-state index in [0.29, 0.717) is 0 Å². The van der Waals surface area contributed by atoms with E-state index in [1.807, 2.05) is 0 Å². The van der Waals surface area contributed by atoms with Gasteiger partial charge < -0.3 is 5.73 Å². The number of hydrogen-bond donors (Lipinski definition) is 1. The van der Waals surface area contributed by atoms with Crippen molar-refractivity contribution in [3.63, 3.8) is 0 Å². The van der Waals surface area contributed by atoms with E-state index in [0.717, 1.165) is 5.92 Å². The molecule has 2 atom stereocenters. The van der Waals surface area contributed by atoms with Gasteiger partial charge in [0.05, 0.1) is 0 Å². The fourth-order valence-electron chi connectivity index (χ4n) is 2.62. The number of hydrogen-bond acceptors (Lipinski definition) is 1. The van der Waals surface area contributed by atoms with Crippen LogP contribution in [-0.2, 0) is 0 Å². The molecule has 0 saturated carbocycles. The standard InChI is InChI=1S/C17H37N/c1-5-7-9-10-12-16(3)13-11-15-17(4,18)14-8-6-2/h16H,5-15,18H2,1-4H3. The summed E-state index contributed by atoms with van der Waals surface area (Å²) >= 11 is 0. The summed E-state index contributed by atoms with van der Waals surface area (Å²) in [5, 5.41) is 0. The highest BCUT2D eigenvalue weighted by atomic mass is 14.7. The van der Waals surface area contributed by atoms with Gasteiger partial charge in [-0.15, -0.1) is 0 Å². The summed E-state index contributed by atoms with van der Waals surface area (Å²) in [6, 6.07) is 0. The van der Waals surface area contributed by atoms with Crippen molar-refractivity contribution in [3.8, 4) is 0 Å². The highest BCUT2D eigenvalue weighted by Gasteiger charge is 2.17. The minimum absolute atomic E-state index is 0.0813. The maximum Gasteiger partial charge on any atom is 0.0125 e. The smallest absolute Gasteiger partial charge is 0.0125 e. The molecule has 2 unspecified atom stereocenters. The van der Waals surface area contributed by atoms with Crippen LogP contribution in [0.15, 0.2) is 0 Å². The van der Waals surface area contributed by atoms with E-state index in [1.54, 1.807) is 0 Å². The Labute approximate surface area is 116 Å². The molecule has 2 N–H and O–H groups in total. The van der Waals surface area contributed by atoms with E-state index in [9.17, 15) is 0 Å². The minimum atomic E-state index is 0.0813. The molecule has 0 bridgehead atoms. The van der Waals surface area contributed by atoms with E-state index in [1.165, 1.54) is 70.6 Å². The van der Waals surface area contributed by atoms with Crippen LogP contribution in [0.2, 0.25) is 0 Å². The zero-order valence-electron chi connectivity index (χ0n) is 13.4. The van der Waals surface area contributed by atoms with Crippen LogP contribution in [0, 0.1) is 5.92 Å². The maximum absolute atomic E-state index is 6.33. The first-order chi connectivity index (χ1) is 8.52. The molecule has 0 aromatic carbocycles. The van der Waals surface area contributed by atoms with Crippen LogP contribution in [0.4, 0.5) is 0 Å². The molecular formula is C17H37N. The quantitative estimate of drug-likeness (QED) is 0.447. The van der Waals surface area contributed by atoms with E-state index in [2.05, 4.69) is 27.7 Å².